The van der Waals surface area contributed by atoms with E-state index in [2.05, 4.69) is 66.6 Å². The van der Waals surface area contributed by atoms with Crippen LogP contribution < -0.4 is 9.80 Å². The molecule has 1 aliphatic rings. The predicted molar refractivity (Wildman–Crippen MR) is 117 cm³/mol. The first kappa shape index (κ1) is 21.6. The van der Waals surface area contributed by atoms with Gasteiger partial charge in [0.2, 0.25) is 5.82 Å². The number of quaternary nitrogens is 2. The standard InChI is InChI=1S/C24H31FN6/c1-4-24(2,3)31-23(26-27-28-31)22(20-10-12-21(25)13-11-20)30-16-14-29(15-17-30)18-19-8-6-5-7-9-19/h5-13,22H,4,14-18H2,1-3H3/p+2/t22-/m0/s1. The molecule has 0 saturated carbocycles. The lowest BCUT2D eigenvalue weighted by atomic mass is 9.99. The third-order valence-corrected chi connectivity index (χ3v) is 6.70. The number of aromatic nitrogens is 4. The topological polar surface area (TPSA) is 52.5 Å². The third-order valence-electron chi connectivity index (χ3n) is 6.70. The highest BCUT2D eigenvalue weighted by molar-refractivity contribution is 5.23. The van der Waals surface area contributed by atoms with Gasteiger partial charge in [-0.05, 0) is 55.0 Å². The van der Waals surface area contributed by atoms with Crippen molar-refractivity contribution < 1.29 is 14.2 Å². The van der Waals surface area contributed by atoms with Gasteiger partial charge in [0.25, 0.3) is 0 Å². The van der Waals surface area contributed by atoms with E-state index >= 15 is 0 Å². The minimum Gasteiger partial charge on any atom is -0.322 e. The van der Waals surface area contributed by atoms with E-state index in [0.717, 1.165) is 50.5 Å². The summed E-state index contributed by atoms with van der Waals surface area (Å²) >= 11 is 0. The summed E-state index contributed by atoms with van der Waals surface area (Å²) in [4.78, 5) is 3.03. The Bertz CT molecular complexity index is 961. The molecular weight excluding hydrogens is 391 g/mol. The summed E-state index contributed by atoms with van der Waals surface area (Å²) in [7, 11) is 0. The fourth-order valence-corrected chi connectivity index (χ4v) is 4.45. The molecule has 0 aliphatic carbocycles. The van der Waals surface area contributed by atoms with Gasteiger partial charge in [-0.25, -0.2) is 9.07 Å². The van der Waals surface area contributed by atoms with Gasteiger partial charge in [0, 0.05) is 11.1 Å². The Morgan fingerprint density at radius 3 is 2.32 bits per heavy atom. The summed E-state index contributed by atoms with van der Waals surface area (Å²) in [6.45, 7) is 11.7. The molecule has 1 aliphatic heterocycles. The van der Waals surface area contributed by atoms with Crippen LogP contribution in [0.4, 0.5) is 4.39 Å². The van der Waals surface area contributed by atoms with E-state index in [0.29, 0.717) is 0 Å². The second-order valence-electron chi connectivity index (χ2n) is 9.17. The average Bonchev–Trinajstić information content (AvgIpc) is 3.28. The van der Waals surface area contributed by atoms with Crippen molar-refractivity contribution in [2.45, 2.75) is 45.3 Å². The second-order valence-corrected chi connectivity index (χ2v) is 9.17. The van der Waals surface area contributed by atoms with Crippen molar-refractivity contribution in [3.8, 4) is 0 Å². The normalized spacial score (nSPS) is 20.5. The molecule has 6 nitrogen and oxygen atoms in total. The lowest BCUT2D eigenvalue weighted by Crippen LogP contribution is -3.27. The van der Waals surface area contributed by atoms with E-state index in [1.165, 1.54) is 22.6 Å². The summed E-state index contributed by atoms with van der Waals surface area (Å²) in [6, 6.07) is 17.5. The van der Waals surface area contributed by atoms with Crippen molar-refractivity contribution in [3.05, 3.63) is 77.4 Å². The van der Waals surface area contributed by atoms with Gasteiger partial charge in [-0.15, -0.1) is 5.10 Å². The number of hydrogen-bond donors (Lipinski definition) is 2. The van der Waals surface area contributed by atoms with Gasteiger partial charge >= 0.3 is 0 Å². The third kappa shape index (κ3) is 4.83. The molecule has 1 atom stereocenters. The number of hydrogen-bond acceptors (Lipinski definition) is 3. The first-order chi connectivity index (χ1) is 15.0. The maximum Gasteiger partial charge on any atom is 0.214 e. The number of tetrazole rings is 1. The monoisotopic (exact) mass is 424 g/mol. The summed E-state index contributed by atoms with van der Waals surface area (Å²) in [6.07, 6.45) is 0.922. The molecule has 1 saturated heterocycles. The largest absolute Gasteiger partial charge is 0.322 e. The molecule has 1 aromatic heterocycles. The summed E-state index contributed by atoms with van der Waals surface area (Å²) in [5, 5.41) is 12.9. The number of nitrogens with one attached hydrogen (secondary N) is 2. The predicted octanol–water partition coefficient (Wildman–Crippen LogP) is 1.03. The zero-order valence-corrected chi connectivity index (χ0v) is 18.7. The Labute approximate surface area is 183 Å². The van der Waals surface area contributed by atoms with Crippen LogP contribution in [-0.4, -0.2) is 46.4 Å². The first-order valence-corrected chi connectivity index (χ1v) is 11.2. The molecule has 0 radical (unpaired) electrons. The molecule has 3 aromatic rings. The number of nitrogens with zero attached hydrogens (tertiary/aromatic N) is 4. The maximum absolute atomic E-state index is 13.7. The number of piperazine rings is 1. The van der Waals surface area contributed by atoms with Gasteiger partial charge in [-0.3, -0.25) is 0 Å². The number of rotatable bonds is 7. The van der Waals surface area contributed by atoms with Crippen LogP contribution in [0.25, 0.3) is 0 Å². The molecule has 2 heterocycles. The molecule has 0 bridgehead atoms. The van der Waals surface area contributed by atoms with Crippen molar-refractivity contribution >= 4 is 0 Å². The van der Waals surface area contributed by atoms with E-state index in [1.54, 1.807) is 4.90 Å². The summed E-state index contributed by atoms with van der Waals surface area (Å²) < 4.78 is 15.6. The van der Waals surface area contributed by atoms with Crippen LogP contribution in [0.3, 0.4) is 0 Å². The van der Waals surface area contributed by atoms with Crippen molar-refractivity contribution in [3.63, 3.8) is 0 Å². The van der Waals surface area contributed by atoms with Gasteiger partial charge in [0.05, 0.1) is 5.54 Å². The van der Waals surface area contributed by atoms with Crippen LogP contribution in [0.5, 0.6) is 0 Å². The zero-order valence-electron chi connectivity index (χ0n) is 18.7. The van der Waals surface area contributed by atoms with E-state index in [1.807, 2.05) is 16.8 Å². The lowest BCUT2D eigenvalue weighted by molar-refractivity contribution is -1.03. The Hall–Kier alpha value is -2.64. The van der Waals surface area contributed by atoms with Gasteiger partial charge in [0.15, 0.2) is 6.04 Å². The zero-order chi connectivity index (χ0) is 21.8. The smallest absolute Gasteiger partial charge is 0.214 e. The molecule has 0 amide bonds. The van der Waals surface area contributed by atoms with Crippen LogP contribution in [0.15, 0.2) is 54.6 Å². The molecule has 2 N–H and O–H groups in total. The van der Waals surface area contributed by atoms with Crippen molar-refractivity contribution in [2.24, 2.45) is 0 Å². The molecule has 164 valence electrons. The van der Waals surface area contributed by atoms with E-state index in [4.69, 9.17) is 0 Å². The van der Waals surface area contributed by atoms with Gasteiger partial charge in [-0.2, -0.15) is 0 Å². The highest BCUT2D eigenvalue weighted by atomic mass is 19.1. The summed E-state index contributed by atoms with van der Waals surface area (Å²) in [5.41, 5.74) is 2.26. The number of benzene rings is 2. The number of halogens is 1. The highest BCUT2D eigenvalue weighted by Gasteiger charge is 2.38. The van der Waals surface area contributed by atoms with E-state index < -0.39 is 0 Å². The highest BCUT2D eigenvalue weighted by Crippen LogP contribution is 2.24. The van der Waals surface area contributed by atoms with Crippen molar-refractivity contribution in [1.29, 1.82) is 0 Å². The van der Waals surface area contributed by atoms with E-state index in [9.17, 15) is 4.39 Å². The Morgan fingerprint density at radius 1 is 1.00 bits per heavy atom. The van der Waals surface area contributed by atoms with Crippen LogP contribution >= 0.6 is 0 Å². The Balaban J connectivity index is 1.58. The molecule has 31 heavy (non-hydrogen) atoms. The van der Waals surface area contributed by atoms with Gasteiger partial charge < -0.3 is 9.80 Å². The fourth-order valence-electron chi connectivity index (χ4n) is 4.45. The van der Waals surface area contributed by atoms with Crippen LogP contribution in [0.2, 0.25) is 0 Å². The molecule has 0 unspecified atom stereocenters. The fraction of sp³-hybridized carbons (Fsp3) is 0.458. The SMILES string of the molecule is CCC(C)(C)n1nnnc1[C@H](c1ccc(F)cc1)[NH+]1CC[NH+](Cc2ccccc2)CC1. The van der Waals surface area contributed by atoms with Crippen molar-refractivity contribution in [2.75, 3.05) is 26.2 Å². The Morgan fingerprint density at radius 2 is 1.68 bits per heavy atom. The van der Waals surface area contributed by atoms with Crippen LogP contribution in [-0.2, 0) is 12.1 Å². The first-order valence-electron chi connectivity index (χ1n) is 11.2. The van der Waals surface area contributed by atoms with Crippen LogP contribution in [0.1, 0.15) is 50.2 Å². The maximum atomic E-state index is 13.7. The summed E-state index contributed by atoms with van der Waals surface area (Å²) in [5.74, 6) is 0.642. The van der Waals surface area contributed by atoms with Gasteiger partial charge in [-0.1, -0.05) is 37.3 Å². The van der Waals surface area contributed by atoms with E-state index in [-0.39, 0.29) is 17.4 Å². The molecule has 4 rings (SSSR count). The molecule has 2 aromatic carbocycles. The van der Waals surface area contributed by atoms with Gasteiger partial charge in [0.1, 0.15) is 38.5 Å². The molecule has 7 heteroatoms. The average molecular weight is 425 g/mol. The lowest BCUT2D eigenvalue weighted by Gasteiger charge is -2.35. The molecule has 1 fully saturated rings. The minimum atomic E-state index is -0.219. The molecular formula is C24H33FN6+2. The van der Waals surface area contributed by atoms with Crippen LogP contribution in [0, 0.1) is 5.82 Å². The quantitative estimate of drug-likeness (QED) is 0.596. The minimum absolute atomic E-state index is 0.0142. The second kappa shape index (κ2) is 9.24. The van der Waals surface area contributed by atoms with Crippen molar-refractivity contribution in [1.82, 2.24) is 20.2 Å². The Kier molecular flexibility index (Phi) is 6.43. The molecule has 0 spiro atoms.